The highest BCUT2D eigenvalue weighted by molar-refractivity contribution is 4.97. The molecule has 2 saturated carbocycles. The Hall–Kier alpha value is -0.0400. The van der Waals surface area contributed by atoms with Gasteiger partial charge in [0, 0.05) is 0 Å². The zero-order chi connectivity index (χ0) is 7.03. The lowest BCUT2D eigenvalue weighted by Gasteiger charge is -2.43. The summed E-state index contributed by atoms with van der Waals surface area (Å²) in [6.45, 7) is 0.944. The molecule has 0 aromatic heterocycles. The molecule has 1 atom stereocenters. The van der Waals surface area contributed by atoms with Crippen molar-refractivity contribution in [2.75, 3.05) is 6.54 Å². The molecule has 0 amide bonds. The lowest BCUT2D eigenvalue weighted by Crippen LogP contribution is -2.36. The second-order valence-electron chi connectivity index (χ2n) is 4.04. The average molecular weight is 139 g/mol. The van der Waals surface area contributed by atoms with Crippen LogP contribution < -0.4 is 5.73 Å². The zero-order valence-corrected chi connectivity index (χ0v) is 6.60. The van der Waals surface area contributed by atoms with E-state index in [-0.39, 0.29) is 0 Å². The molecule has 0 radical (unpaired) electrons. The third-order valence-corrected chi connectivity index (χ3v) is 3.73. The van der Waals surface area contributed by atoms with E-state index in [2.05, 4.69) is 0 Å². The van der Waals surface area contributed by atoms with Crippen LogP contribution in [0.4, 0.5) is 0 Å². The van der Waals surface area contributed by atoms with E-state index in [9.17, 15) is 0 Å². The van der Waals surface area contributed by atoms with Crippen molar-refractivity contribution in [2.45, 2.75) is 38.5 Å². The first-order valence-electron chi connectivity index (χ1n) is 4.57. The molecule has 58 valence electrons. The summed E-state index contributed by atoms with van der Waals surface area (Å²) in [5.74, 6) is 0.890. The molecule has 1 spiro atoms. The molecule has 0 bridgehead atoms. The van der Waals surface area contributed by atoms with E-state index in [0.717, 1.165) is 17.9 Å². The molecule has 2 aliphatic carbocycles. The molecule has 0 heterocycles. The fourth-order valence-electron chi connectivity index (χ4n) is 2.87. The van der Waals surface area contributed by atoms with Gasteiger partial charge in [-0.1, -0.05) is 12.8 Å². The molecule has 1 heteroatoms. The fraction of sp³-hybridized carbons (Fsp3) is 1.00. The lowest BCUT2D eigenvalue weighted by atomic mass is 9.62. The van der Waals surface area contributed by atoms with E-state index < -0.39 is 0 Å². The predicted molar refractivity (Wildman–Crippen MR) is 42.7 cm³/mol. The van der Waals surface area contributed by atoms with Gasteiger partial charge in [0.15, 0.2) is 0 Å². The Morgan fingerprint density at radius 1 is 1.20 bits per heavy atom. The first-order chi connectivity index (χ1) is 4.87. The minimum Gasteiger partial charge on any atom is -0.330 e. The van der Waals surface area contributed by atoms with Crippen molar-refractivity contribution in [2.24, 2.45) is 17.1 Å². The Bertz CT molecular complexity index is 127. The summed E-state index contributed by atoms with van der Waals surface area (Å²) < 4.78 is 0. The normalized spacial score (nSPS) is 36.3. The van der Waals surface area contributed by atoms with Gasteiger partial charge < -0.3 is 5.73 Å². The topological polar surface area (TPSA) is 26.0 Å². The number of rotatable bonds is 1. The van der Waals surface area contributed by atoms with Gasteiger partial charge in [0.05, 0.1) is 0 Å². The standard InChI is InChI=1S/C9H17N/c10-7-8-3-1-4-9(8)5-2-6-9/h8H,1-7,10H2. The largest absolute Gasteiger partial charge is 0.330 e. The van der Waals surface area contributed by atoms with Crippen molar-refractivity contribution in [3.63, 3.8) is 0 Å². The maximum atomic E-state index is 5.72. The van der Waals surface area contributed by atoms with E-state index in [1.807, 2.05) is 0 Å². The van der Waals surface area contributed by atoms with Gasteiger partial charge in [0.2, 0.25) is 0 Å². The molecule has 2 fully saturated rings. The van der Waals surface area contributed by atoms with Gasteiger partial charge in [-0.15, -0.1) is 0 Å². The SMILES string of the molecule is NCC1CCCC12CCC2. The fourth-order valence-corrected chi connectivity index (χ4v) is 2.87. The van der Waals surface area contributed by atoms with Gasteiger partial charge in [-0.3, -0.25) is 0 Å². The van der Waals surface area contributed by atoms with Crippen LogP contribution in [0.3, 0.4) is 0 Å². The second-order valence-corrected chi connectivity index (χ2v) is 4.04. The van der Waals surface area contributed by atoms with Crippen molar-refractivity contribution >= 4 is 0 Å². The molecule has 10 heavy (non-hydrogen) atoms. The number of nitrogens with two attached hydrogens (primary N) is 1. The molecule has 2 aliphatic rings. The highest BCUT2D eigenvalue weighted by Crippen LogP contribution is 2.56. The molecule has 2 rings (SSSR count). The Morgan fingerprint density at radius 3 is 2.30 bits per heavy atom. The Morgan fingerprint density at radius 2 is 1.90 bits per heavy atom. The Labute approximate surface area is 63.0 Å². The third kappa shape index (κ3) is 0.731. The van der Waals surface area contributed by atoms with Crippen molar-refractivity contribution in [1.29, 1.82) is 0 Å². The minimum absolute atomic E-state index is 0.759. The van der Waals surface area contributed by atoms with Crippen molar-refractivity contribution in [3.05, 3.63) is 0 Å². The van der Waals surface area contributed by atoms with Crippen LogP contribution in [-0.4, -0.2) is 6.54 Å². The summed E-state index contributed by atoms with van der Waals surface area (Å²) in [5.41, 5.74) is 6.48. The smallest absolute Gasteiger partial charge is 0.00436 e. The van der Waals surface area contributed by atoms with E-state index >= 15 is 0 Å². The molecular weight excluding hydrogens is 122 g/mol. The van der Waals surface area contributed by atoms with Crippen LogP contribution in [0.25, 0.3) is 0 Å². The van der Waals surface area contributed by atoms with Gasteiger partial charge in [-0.2, -0.15) is 0 Å². The summed E-state index contributed by atoms with van der Waals surface area (Å²) >= 11 is 0. The van der Waals surface area contributed by atoms with Crippen LogP contribution in [0, 0.1) is 11.3 Å². The molecule has 0 aromatic carbocycles. The maximum absolute atomic E-state index is 5.72. The Balaban J connectivity index is 2.05. The van der Waals surface area contributed by atoms with Crippen LogP contribution in [-0.2, 0) is 0 Å². The summed E-state index contributed by atoms with van der Waals surface area (Å²) in [7, 11) is 0. The first-order valence-corrected chi connectivity index (χ1v) is 4.57. The molecule has 1 nitrogen and oxygen atoms in total. The first kappa shape index (κ1) is 6.66. The second kappa shape index (κ2) is 2.23. The van der Waals surface area contributed by atoms with Crippen LogP contribution in [0.2, 0.25) is 0 Å². The molecule has 0 saturated heterocycles. The summed E-state index contributed by atoms with van der Waals surface area (Å²) in [6, 6.07) is 0. The summed E-state index contributed by atoms with van der Waals surface area (Å²) in [4.78, 5) is 0. The average Bonchev–Trinajstić information content (AvgIpc) is 2.27. The lowest BCUT2D eigenvalue weighted by molar-refractivity contribution is 0.0830. The monoisotopic (exact) mass is 139 g/mol. The van der Waals surface area contributed by atoms with E-state index in [4.69, 9.17) is 5.73 Å². The summed E-state index contributed by atoms with van der Waals surface area (Å²) in [5, 5.41) is 0. The molecule has 1 unspecified atom stereocenters. The third-order valence-electron chi connectivity index (χ3n) is 3.73. The van der Waals surface area contributed by atoms with Gasteiger partial charge in [0.25, 0.3) is 0 Å². The van der Waals surface area contributed by atoms with Crippen LogP contribution in [0.1, 0.15) is 38.5 Å². The van der Waals surface area contributed by atoms with Gasteiger partial charge in [0.1, 0.15) is 0 Å². The van der Waals surface area contributed by atoms with Crippen LogP contribution in [0.5, 0.6) is 0 Å². The van der Waals surface area contributed by atoms with Gasteiger partial charge >= 0.3 is 0 Å². The maximum Gasteiger partial charge on any atom is -0.00436 e. The van der Waals surface area contributed by atoms with Crippen LogP contribution in [0.15, 0.2) is 0 Å². The zero-order valence-electron chi connectivity index (χ0n) is 6.60. The van der Waals surface area contributed by atoms with Crippen LogP contribution >= 0.6 is 0 Å². The molecule has 2 N–H and O–H groups in total. The van der Waals surface area contributed by atoms with Gasteiger partial charge in [-0.25, -0.2) is 0 Å². The quantitative estimate of drug-likeness (QED) is 0.590. The van der Waals surface area contributed by atoms with Crippen molar-refractivity contribution < 1.29 is 0 Å². The van der Waals surface area contributed by atoms with E-state index in [1.54, 1.807) is 0 Å². The summed E-state index contributed by atoms with van der Waals surface area (Å²) in [6.07, 6.45) is 8.77. The molecule has 0 aromatic rings. The number of hydrogen-bond donors (Lipinski definition) is 1. The van der Waals surface area contributed by atoms with Crippen molar-refractivity contribution in [3.8, 4) is 0 Å². The molecular formula is C9H17N. The number of hydrogen-bond acceptors (Lipinski definition) is 1. The Kier molecular flexibility index (Phi) is 1.48. The minimum atomic E-state index is 0.759. The predicted octanol–water partition coefficient (Wildman–Crippen LogP) is 1.92. The highest BCUT2D eigenvalue weighted by Gasteiger charge is 2.45. The van der Waals surface area contributed by atoms with Crippen molar-refractivity contribution in [1.82, 2.24) is 0 Å². The highest BCUT2D eigenvalue weighted by atomic mass is 14.6. The van der Waals surface area contributed by atoms with Gasteiger partial charge in [-0.05, 0) is 43.6 Å². The molecule has 0 aliphatic heterocycles. The van der Waals surface area contributed by atoms with E-state index in [1.165, 1.54) is 38.5 Å². The van der Waals surface area contributed by atoms with E-state index in [0.29, 0.717) is 0 Å².